The Kier molecular flexibility index (Phi) is 6.71. The number of ether oxygens (including phenoxy) is 1. The predicted octanol–water partition coefficient (Wildman–Crippen LogP) is 2.02. The van der Waals surface area contributed by atoms with E-state index >= 15 is 0 Å². The topological polar surface area (TPSA) is 97.4 Å². The molecule has 9 heteroatoms. The van der Waals surface area contributed by atoms with Gasteiger partial charge in [-0.05, 0) is 30.0 Å². The number of halogens is 1. The van der Waals surface area contributed by atoms with E-state index in [1.54, 1.807) is 11.3 Å². The summed E-state index contributed by atoms with van der Waals surface area (Å²) in [6.45, 7) is -0.171. The SMILES string of the molecule is O=C(COC(=O)c1ccc(Cl)nc1)NC(=O)NCCc1cccs1. The number of pyridine rings is 1. The summed E-state index contributed by atoms with van der Waals surface area (Å²) in [5.74, 6) is -1.45. The van der Waals surface area contributed by atoms with Crippen molar-refractivity contribution in [1.29, 1.82) is 0 Å². The molecular formula is C15H14ClN3O4S. The minimum absolute atomic E-state index is 0.160. The van der Waals surface area contributed by atoms with Gasteiger partial charge in [-0.25, -0.2) is 14.6 Å². The zero-order chi connectivity index (χ0) is 17.4. The van der Waals surface area contributed by atoms with Crippen molar-refractivity contribution >= 4 is 40.8 Å². The van der Waals surface area contributed by atoms with Gasteiger partial charge < -0.3 is 10.1 Å². The highest BCUT2D eigenvalue weighted by atomic mass is 35.5. The normalized spacial score (nSPS) is 10.0. The van der Waals surface area contributed by atoms with Crippen LogP contribution in [0.3, 0.4) is 0 Å². The molecule has 0 aliphatic rings. The molecule has 0 atom stereocenters. The molecule has 0 aliphatic heterocycles. The third kappa shape index (κ3) is 5.98. The van der Waals surface area contributed by atoms with Gasteiger partial charge >= 0.3 is 12.0 Å². The molecule has 2 aromatic rings. The van der Waals surface area contributed by atoms with Crippen molar-refractivity contribution in [1.82, 2.24) is 15.6 Å². The van der Waals surface area contributed by atoms with Crippen LogP contribution in [0, 0.1) is 0 Å². The second-order valence-corrected chi connectivity index (χ2v) is 6.00. The smallest absolute Gasteiger partial charge is 0.340 e. The molecule has 2 rings (SSSR count). The van der Waals surface area contributed by atoms with Gasteiger partial charge in [-0.2, -0.15) is 0 Å². The molecule has 7 nitrogen and oxygen atoms in total. The van der Waals surface area contributed by atoms with Crippen LogP contribution in [0.4, 0.5) is 4.79 Å². The second-order valence-electron chi connectivity index (χ2n) is 4.58. The fraction of sp³-hybridized carbons (Fsp3) is 0.200. The quantitative estimate of drug-likeness (QED) is 0.601. The summed E-state index contributed by atoms with van der Waals surface area (Å²) in [7, 11) is 0. The van der Waals surface area contributed by atoms with Crippen molar-refractivity contribution in [3.05, 3.63) is 51.4 Å². The molecule has 0 aromatic carbocycles. The summed E-state index contributed by atoms with van der Waals surface area (Å²) in [4.78, 5) is 39.6. The number of esters is 1. The fourth-order valence-electron chi connectivity index (χ4n) is 1.67. The summed E-state index contributed by atoms with van der Waals surface area (Å²) in [5.41, 5.74) is 0.160. The van der Waals surface area contributed by atoms with E-state index in [9.17, 15) is 14.4 Å². The van der Waals surface area contributed by atoms with Gasteiger partial charge in [-0.3, -0.25) is 10.1 Å². The maximum atomic E-state index is 11.7. The number of urea groups is 1. The largest absolute Gasteiger partial charge is 0.452 e. The van der Waals surface area contributed by atoms with Gasteiger partial charge in [0.05, 0.1) is 5.56 Å². The maximum Gasteiger partial charge on any atom is 0.340 e. The van der Waals surface area contributed by atoms with Crippen LogP contribution in [0.15, 0.2) is 35.8 Å². The lowest BCUT2D eigenvalue weighted by molar-refractivity contribution is -0.123. The number of carbonyl (C=O) groups excluding carboxylic acids is 3. The van der Waals surface area contributed by atoms with Crippen LogP contribution in [0.5, 0.6) is 0 Å². The summed E-state index contributed by atoms with van der Waals surface area (Å²) in [6.07, 6.45) is 1.91. The van der Waals surface area contributed by atoms with Crippen LogP contribution in [0.1, 0.15) is 15.2 Å². The molecule has 0 unspecified atom stereocenters. The Morgan fingerprint density at radius 1 is 1.25 bits per heavy atom. The number of amides is 3. The van der Waals surface area contributed by atoms with Gasteiger partial charge in [0.15, 0.2) is 6.61 Å². The molecule has 2 heterocycles. The molecule has 24 heavy (non-hydrogen) atoms. The lowest BCUT2D eigenvalue weighted by atomic mass is 10.3. The van der Waals surface area contributed by atoms with Gasteiger partial charge in [0.25, 0.3) is 5.91 Å². The average molecular weight is 368 g/mol. The molecule has 3 amide bonds. The van der Waals surface area contributed by atoms with E-state index in [1.165, 1.54) is 18.3 Å². The van der Waals surface area contributed by atoms with Crippen molar-refractivity contribution in [2.24, 2.45) is 0 Å². The maximum absolute atomic E-state index is 11.7. The van der Waals surface area contributed by atoms with E-state index in [-0.39, 0.29) is 10.7 Å². The monoisotopic (exact) mass is 367 g/mol. The highest BCUT2D eigenvalue weighted by Crippen LogP contribution is 2.08. The first-order valence-electron chi connectivity index (χ1n) is 6.93. The Labute approximate surface area is 147 Å². The first kappa shape index (κ1) is 17.9. The lowest BCUT2D eigenvalue weighted by Crippen LogP contribution is -2.42. The summed E-state index contributed by atoms with van der Waals surface area (Å²) >= 11 is 7.19. The van der Waals surface area contributed by atoms with Gasteiger partial charge in [0, 0.05) is 17.6 Å². The van der Waals surface area contributed by atoms with E-state index < -0.39 is 24.5 Å². The highest BCUT2D eigenvalue weighted by Gasteiger charge is 2.12. The molecule has 2 aromatic heterocycles. The molecule has 126 valence electrons. The Bertz CT molecular complexity index is 704. The number of aromatic nitrogens is 1. The number of hydrogen-bond acceptors (Lipinski definition) is 6. The summed E-state index contributed by atoms with van der Waals surface area (Å²) < 4.78 is 4.78. The third-order valence-corrected chi connectivity index (χ3v) is 3.95. The predicted molar refractivity (Wildman–Crippen MR) is 89.1 cm³/mol. The Balaban J connectivity index is 1.65. The first-order chi connectivity index (χ1) is 11.5. The van der Waals surface area contributed by atoms with Crippen LogP contribution in [0.2, 0.25) is 5.15 Å². The van der Waals surface area contributed by atoms with Crippen molar-refractivity contribution in [3.8, 4) is 0 Å². The van der Waals surface area contributed by atoms with Crippen LogP contribution >= 0.6 is 22.9 Å². The van der Waals surface area contributed by atoms with E-state index in [2.05, 4.69) is 15.6 Å². The Morgan fingerprint density at radius 3 is 2.75 bits per heavy atom. The zero-order valence-electron chi connectivity index (χ0n) is 12.5. The van der Waals surface area contributed by atoms with Crippen molar-refractivity contribution in [2.75, 3.05) is 13.2 Å². The Hall–Kier alpha value is -2.45. The van der Waals surface area contributed by atoms with Gasteiger partial charge in [0.1, 0.15) is 5.15 Å². The van der Waals surface area contributed by atoms with Gasteiger partial charge in [-0.15, -0.1) is 11.3 Å². The summed E-state index contributed by atoms with van der Waals surface area (Å²) in [5, 5.41) is 6.81. The van der Waals surface area contributed by atoms with E-state index in [0.29, 0.717) is 13.0 Å². The molecule has 0 saturated heterocycles. The molecule has 2 N–H and O–H groups in total. The van der Waals surface area contributed by atoms with Crippen LogP contribution in [0.25, 0.3) is 0 Å². The Morgan fingerprint density at radius 2 is 2.08 bits per heavy atom. The minimum atomic E-state index is -0.729. The van der Waals surface area contributed by atoms with E-state index in [1.807, 2.05) is 17.5 Å². The molecule has 0 fully saturated rings. The zero-order valence-corrected chi connectivity index (χ0v) is 14.0. The molecule has 0 radical (unpaired) electrons. The summed E-state index contributed by atoms with van der Waals surface area (Å²) in [6, 6.07) is 6.10. The van der Waals surface area contributed by atoms with Crippen molar-refractivity contribution in [2.45, 2.75) is 6.42 Å². The third-order valence-electron chi connectivity index (χ3n) is 2.79. The number of hydrogen-bond donors (Lipinski definition) is 2. The van der Waals surface area contributed by atoms with Gasteiger partial charge in [0.2, 0.25) is 0 Å². The fourth-order valence-corrected chi connectivity index (χ4v) is 2.49. The average Bonchev–Trinajstić information content (AvgIpc) is 3.06. The standard InChI is InChI=1S/C15H14ClN3O4S/c16-12-4-3-10(8-18-12)14(21)23-9-13(20)19-15(22)17-6-5-11-2-1-7-24-11/h1-4,7-8H,5-6,9H2,(H2,17,19,20,22). The van der Waals surface area contributed by atoms with Crippen LogP contribution < -0.4 is 10.6 Å². The van der Waals surface area contributed by atoms with Crippen molar-refractivity contribution in [3.63, 3.8) is 0 Å². The number of thiophene rings is 1. The van der Waals surface area contributed by atoms with Crippen LogP contribution in [-0.2, 0) is 16.0 Å². The second kappa shape index (κ2) is 8.99. The van der Waals surface area contributed by atoms with Crippen molar-refractivity contribution < 1.29 is 19.1 Å². The van der Waals surface area contributed by atoms with Crippen LogP contribution in [-0.4, -0.2) is 36.0 Å². The van der Waals surface area contributed by atoms with E-state index in [0.717, 1.165) is 4.88 Å². The van der Waals surface area contributed by atoms with E-state index in [4.69, 9.17) is 16.3 Å². The number of imide groups is 1. The number of nitrogens with zero attached hydrogens (tertiary/aromatic N) is 1. The molecule has 0 spiro atoms. The number of carbonyl (C=O) groups is 3. The molecule has 0 aliphatic carbocycles. The minimum Gasteiger partial charge on any atom is -0.452 e. The lowest BCUT2D eigenvalue weighted by Gasteiger charge is -2.07. The van der Waals surface area contributed by atoms with Gasteiger partial charge in [-0.1, -0.05) is 17.7 Å². The molecule has 0 saturated carbocycles. The molecular weight excluding hydrogens is 354 g/mol. The highest BCUT2D eigenvalue weighted by molar-refractivity contribution is 7.09. The molecule has 0 bridgehead atoms. The number of nitrogens with one attached hydrogen (secondary N) is 2. The first-order valence-corrected chi connectivity index (χ1v) is 8.19. The number of rotatable bonds is 6.